The molecule has 0 radical (unpaired) electrons. The Morgan fingerprint density at radius 2 is 1.93 bits per heavy atom. The summed E-state index contributed by atoms with van der Waals surface area (Å²) < 4.78 is 0. The number of hydrogen-bond acceptors (Lipinski definition) is 0. The predicted octanol–water partition coefficient (Wildman–Crippen LogP) is 4.56. The second kappa shape index (κ2) is 5.55. The fourth-order valence-corrected chi connectivity index (χ4v) is 2.58. The Kier molecular flexibility index (Phi) is 4.66. The van der Waals surface area contributed by atoms with Crippen molar-refractivity contribution in [2.24, 2.45) is 5.92 Å². The van der Waals surface area contributed by atoms with Crippen molar-refractivity contribution in [1.29, 1.82) is 0 Å². The molecular weight excluding hydrogens is 184 g/mol. The van der Waals surface area contributed by atoms with E-state index in [4.69, 9.17) is 0 Å². The van der Waals surface area contributed by atoms with Crippen LogP contribution in [0.4, 0.5) is 0 Å². The van der Waals surface area contributed by atoms with Crippen molar-refractivity contribution in [1.82, 2.24) is 0 Å². The summed E-state index contributed by atoms with van der Waals surface area (Å²) in [6.45, 7) is 7.20. The van der Waals surface area contributed by atoms with Crippen LogP contribution in [-0.4, -0.2) is 8.07 Å². The van der Waals surface area contributed by atoms with Crippen LogP contribution >= 0.6 is 0 Å². The average Bonchev–Trinajstić information content (AvgIpc) is 2.00. The first kappa shape index (κ1) is 11.8. The quantitative estimate of drug-likeness (QED) is 0.461. The van der Waals surface area contributed by atoms with Gasteiger partial charge in [0.1, 0.15) is 0 Å². The van der Waals surface area contributed by atoms with Gasteiger partial charge >= 0.3 is 0 Å². The van der Waals surface area contributed by atoms with Crippen molar-refractivity contribution in [2.75, 3.05) is 0 Å². The van der Waals surface area contributed by atoms with E-state index in [-0.39, 0.29) is 0 Å². The predicted molar refractivity (Wildman–Crippen MR) is 68.2 cm³/mol. The first-order valence-corrected chi connectivity index (χ1v) is 9.52. The van der Waals surface area contributed by atoms with Gasteiger partial charge in [0.2, 0.25) is 0 Å². The van der Waals surface area contributed by atoms with E-state index in [1.54, 1.807) is 0 Å². The molecule has 0 aromatic heterocycles. The van der Waals surface area contributed by atoms with Crippen LogP contribution in [0.25, 0.3) is 0 Å². The van der Waals surface area contributed by atoms with E-state index < -0.39 is 8.07 Å². The highest BCUT2D eigenvalue weighted by Gasteiger charge is 2.09. The minimum absolute atomic E-state index is 0.724. The molecule has 0 saturated heterocycles. The summed E-state index contributed by atoms with van der Waals surface area (Å²) in [5.74, 6) is 0.724. The molecule has 0 heterocycles. The average molecular weight is 208 g/mol. The fraction of sp³-hybridized carbons (Fsp3) is 0.692. The maximum absolute atomic E-state index is 2.49. The van der Waals surface area contributed by atoms with E-state index in [1.165, 1.54) is 32.1 Å². The molecule has 0 amide bonds. The van der Waals surface area contributed by atoms with Gasteiger partial charge in [-0.25, -0.2) is 0 Å². The highest BCUT2D eigenvalue weighted by Crippen LogP contribution is 2.18. The summed E-state index contributed by atoms with van der Waals surface area (Å²) in [6, 6.07) is 0. The van der Waals surface area contributed by atoms with Gasteiger partial charge < -0.3 is 0 Å². The molecule has 0 spiro atoms. The first-order valence-electron chi connectivity index (χ1n) is 5.94. The summed E-state index contributed by atoms with van der Waals surface area (Å²) in [5, 5.41) is 0. The maximum Gasteiger partial charge on any atom is 0.0683 e. The topological polar surface area (TPSA) is 0 Å². The monoisotopic (exact) mass is 208 g/mol. The lowest BCUT2D eigenvalue weighted by atomic mass is 9.97. The van der Waals surface area contributed by atoms with Crippen molar-refractivity contribution in [3.05, 3.63) is 23.9 Å². The van der Waals surface area contributed by atoms with E-state index in [9.17, 15) is 0 Å². The van der Waals surface area contributed by atoms with Crippen LogP contribution in [0.1, 0.15) is 32.1 Å². The van der Waals surface area contributed by atoms with E-state index in [0.29, 0.717) is 0 Å². The number of hydrogen-bond donors (Lipinski definition) is 0. The molecule has 80 valence electrons. The van der Waals surface area contributed by atoms with Crippen LogP contribution in [0.5, 0.6) is 0 Å². The van der Waals surface area contributed by atoms with Gasteiger partial charge in [0.25, 0.3) is 0 Å². The molecule has 1 unspecified atom stereocenters. The molecule has 0 aromatic rings. The van der Waals surface area contributed by atoms with Gasteiger partial charge in [-0.1, -0.05) is 56.4 Å². The highest BCUT2D eigenvalue weighted by molar-refractivity contribution is 6.80. The van der Waals surface area contributed by atoms with Crippen molar-refractivity contribution >= 4 is 8.07 Å². The van der Waals surface area contributed by atoms with Crippen LogP contribution in [-0.2, 0) is 0 Å². The number of rotatable bonds is 2. The van der Waals surface area contributed by atoms with Crippen LogP contribution in [0.2, 0.25) is 19.6 Å². The number of allylic oxidation sites excluding steroid dienone is 3. The summed E-state index contributed by atoms with van der Waals surface area (Å²) in [5.41, 5.74) is 2.49. The largest absolute Gasteiger partial charge is 0.0983 e. The van der Waals surface area contributed by atoms with Crippen molar-refractivity contribution < 1.29 is 0 Å². The lowest BCUT2D eigenvalue weighted by Crippen LogP contribution is -2.16. The summed E-state index contributed by atoms with van der Waals surface area (Å²) in [4.78, 5) is 0. The zero-order chi connectivity index (χ0) is 10.4. The lowest BCUT2D eigenvalue weighted by Gasteiger charge is -2.14. The molecule has 1 atom stereocenters. The van der Waals surface area contributed by atoms with Gasteiger partial charge in [0.15, 0.2) is 0 Å². The Bertz CT molecular complexity index is 208. The first-order chi connectivity index (χ1) is 6.58. The minimum atomic E-state index is -0.985. The van der Waals surface area contributed by atoms with Crippen LogP contribution in [0, 0.1) is 5.92 Å². The molecule has 1 heteroatoms. The molecule has 14 heavy (non-hydrogen) atoms. The van der Waals surface area contributed by atoms with Gasteiger partial charge in [0.05, 0.1) is 8.07 Å². The van der Waals surface area contributed by atoms with E-state index in [1.807, 2.05) is 0 Å². The molecule has 0 aromatic carbocycles. The van der Waals surface area contributed by atoms with Crippen LogP contribution in [0.3, 0.4) is 0 Å². The van der Waals surface area contributed by atoms with Crippen LogP contribution in [0.15, 0.2) is 23.9 Å². The Morgan fingerprint density at radius 1 is 1.14 bits per heavy atom. The van der Waals surface area contributed by atoms with Crippen molar-refractivity contribution in [3.8, 4) is 0 Å². The van der Waals surface area contributed by atoms with Crippen molar-refractivity contribution in [3.63, 3.8) is 0 Å². The second-order valence-corrected chi connectivity index (χ2v) is 10.5. The Balaban J connectivity index is 2.49. The van der Waals surface area contributed by atoms with E-state index >= 15 is 0 Å². The Hall–Kier alpha value is -0.303. The third kappa shape index (κ3) is 5.43. The SMILES string of the molecule is C[Si](C)(C)/C=C/C1/C=C\CCCCC1. The summed E-state index contributed by atoms with van der Waals surface area (Å²) in [6.07, 6.45) is 14.1. The van der Waals surface area contributed by atoms with Gasteiger partial charge in [0, 0.05) is 0 Å². The maximum atomic E-state index is 2.49. The molecular formula is C13H24Si. The molecule has 1 rings (SSSR count). The smallest absolute Gasteiger partial charge is 0.0683 e. The molecule has 1 aliphatic rings. The highest BCUT2D eigenvalue weighted by atomic mass is 28.3. The second-order valence-electron chi connectivity index (χ2n) is 5.46. The zero-order valence-corrected chi connectivity index (χ0v) is 10.9. The van der Waals surface area contributed by atoms with Crippen LogP contribution < -0.4 is 0 Å². The van der Waals surface area contributed by atoms with Gasteiger partial charge in [-0.3, -0.25) is 0 Å². The standard InChI is InChI=1S/C13H24Si/c1-14(2,3)12-11-13-9-7-5-4-6-8-10-13/h7,9,11-13H,4-6,8,10H2,1-3H3/b9-7-,12-11+. The fourth-order valence-electron chi connectivity index (χ4n) is 1.76. The molecule has 0 N–H and O–H groups in total. The Labute approximate surface area is 90.1 Å². The molecule has 0 saturated carbocycles. The summed E-state index contributed by atoms with van der Waals surface area (Å²) >= 11 is 0. The molecule has 0 aliphatic heterocycles. The normalized spacial score (nSPS) is 27.2. The Morgan fingerprint density at radius 3 is 2.64 bits per heavy atom. The lowest BCUT2D eigenvalue weighted by molar-refractivity contribution is 0.582. The molecule has 0 nitrogen and oxygen atoms in total. The third-order valence-electron chi connectivity index (χ3n) is 2.63. The third-order valence-corrected chi connectivity index (χ3v) is 3.83. The minimum Gasteiger partial charge on any atom is -0.0983 e. The van der Waals surface area contributed by atoms with Gasteiger partial charge in [-0.15, -0.1) is 0 Å². The van der Waals surface area contributed by atoms with Crippen molar-refractivity contribution in [2.45, 2.75) is 51.7 Å². The van der Waals surface area contributed by atoms with Gasteiger partial charge in [-0.05, 0) is 25.2 Å². The van der Waals surface area contributed by atoms with E-state index in [2.05, 4.69) is 43.6 Å². The summed E-state index contributed by atoms with van der Waals surface area (Å²) in [7, 11) is -0.985. The molecule has 0 bridgehead atoms. The van der Waals surface area contributed by atoms with Gasteiger partial charge in [-0.2, -0.15) is 0 Å². The van der Waals surface area contributed by atoms with E-state index in [0.717, 1.165) is 5.92 Å². The molecule has 1 aliphatic carbocycles. The molecule has 0 fully saturated rings. The zero-order valence-electron chi connectivity index (χ0n) is 9.92.